The van der Waals surface area contributed by atoms with Crippen LogP contribution in [0, 0.1) is 0 Å². The number of piperazine rings is 1. The molecule has 14 heavy (non-hydrogen) atoms. The molecule has 2 unspecified atom stereocenters. The Morgan fingerprint density at radius 3 is 3.07 bits per heavy atom. The minimum Gasteiger partial charge on any atom is -0.379 e. The molecule has 82 valence electrons. The lowest BCUT2D eigenvalue weighted by atomic mass is 10.1. The summed E-state index contributed by atoms with van der Waals surface area (Å²) in [5, 5.41) is 8.77. The Hall–Kier alpha value is -0.200. The summed E-state index contributed by atoms with van der Waals surface area (Å²) in [7, 11) is 0. The average Bonchev–Trinajstić information content (AvgIpc) is 2.23. The Balaban J connectivity index is 1.76. The molecule has 2 fully saturated rings. The molecule has 4 N–H and O–H groups in total. The highest BCUT2D eigenvalue weighted by Gasteiger charge is 2.24. The maximum absolute atomic E-state index is 5.92. The molecule has 0 radical (unpaired) electrons. The molecule has 2 heterocycles. The van der Waals surface area contributed by atoms with Crippen LogP contribution in [0.1, 0.15) is 6.42 Å². The topological polar surface area (TPSA) is 62.5 Å². The van der Waals surface area contributed by atoms with Gasteiger partial charge in [-0.15, -0.1) is 0 Å². The number of hydrogen-bond acceptors (Lipinski definition) is 5. The normalized spacial score (nSPS) is 35.8. The maximum Gasteiger partial charge on any atom is 0.0620 e. The van der Waals surface area contributed by atoms with E-state index in [4.69, 9.17) is 10.6 Å². The first-order valence-corrected chi connectivity index (χ1v) is 5.39. The van der Waals surface area contributed by atoms with E-state index in [1.165, 1.54) is 0 Å². The van der Waals surface area contributed by atoms with Gasteiger partial charge in [0, 0.05) is 38.3 Å². The third-order valence-corrected chi connectivity index (χ3v) is 2.95. The Labute approximate surface area is 84.9 Å². The quantitative estimate of drug-likeness (QED) is 0.474. The lowest BCUT2D eigenvalue weighted by Gasteiger charge is -2.36. The molecule has 2 saturated heterocycles. The van der Waals surface area contributed by atoms with Crippen LogP contribution in [0.2, 0.25) is 0 Å². The molecule has 0 aromatic rings. The lowest BCUT2D eigenvalue weighted by molar-refractivity contribution is 0.0557. The van der Waals surface area contributed by atoms with Gasteiger partial charge in [0.15, 0.2) is 0 Å². The Morgan fingerprint density at radius 1 is 1.43 bits per heavy atom. The second kappa shape index (κ2) is 5.04. The van der Waals surface area contributed by atoms with E-state index >= 15 is 0 Å². The van der Waals surface area contributed by atoms with Crippen molar-refractivity contribution in [2.45, 2.75) is 18.5 Å². The van der Waals surface area contributed by atoms with Gasteiger partial charge in [-0.25, -0.2) is 5.01 Å². The molecular formula is C9H20N4O. The Kier molecular flexibility index (Phi) is 3.72. The largest absolute Gasteiger partial charge is 0.379 e. The summed E-state index contributed by atoms with van der Waals surface area (Å²) in [5.41, 5.74) is 0. The van der Waals surface area contributed by atoms with Crippen molar-refractivity contribution < 1.29 is 4.74 Å². The van der Waals surface area contributed by atoms with Crippen molar-refractivity contribution in [3.63, 3.8) is 0 Å². The zero-order chi connectivity index (χ0) is 9.80. The first-order valence-electron chi connectivity index (χ1n) is 5.39. The fourth-order valence-corrected chi connectivity index (χ4v) is 2.09. The molecule has 0 bridgehead atoms. The summed E-state index contributed by atoms with van der Waals surface area (Å²) in [4.78, 5) is 0. The van der Waals surface area contributed by atoms with Crippen LogP contribution in [0.15, 0.2) is 0 Å². The number of ether oxygens (including phenoxy) is 1. The highest BCUT2D eigenvalue weighted by Crippen LogP contribution is 2.08. The molecule has 0 spiro atoms. The third kappa shape index (κ3) is 2.65. The van der Waals surface area contributed by atoms with Gasteiger partial charge in [0.05, 0.1) is 13.2 Å². The molecule has 0 aliphatic carbocycles. The van der Waals surface area contributed by atoms with E-state index in [1.54, 1.807) is 0 Å². The monoisotopic (exact) mass is 200 g/mol. The van der Waals surface area contributed by atoms with Gasteiger partial charge in [-0.3, -0.25) is 5.84 Å². The maximum atomic E-state index is 5.92. The third-order valence-electron chi connectivity index (χ3n) is 2.95. The van der Waals surface area contributed by atoms with E-state index < -0.39 is 0 Å². The summed E-state index contributed by atoms with van der Waals surface area (Å²) < 4.78 is 5.42. The fraction of sp³-hybridized carbons (Fsp3) is 1.00. The van der Waals surface area contributed by atoms with Crippen LogP contribution in [-0.4, -0.2) is 56.5 Å². The van der Waals surface area contributed by atoms with Gasteiger partial charge in [0.2, 0.25) is 0 Å². The molecule has 0 saturated carbocycles. The van der Waals surface area contributed by atoms with Crippen LogP contribution < -0.4 is 16.5 Å². The van der Waals surface area contributed by atoms with Gasteiger partial charge in [0.25, 0.3) is 0 Å². The molecule has 5 nitrogen and oxygen atoms in total. The predicted octanol–water partition coefficient (Wildman–Crippen LogP) is -1.49. The average molecular weight is 200 g/mol. The number of nitrogens with two attached hydrogens (primary N) is 1. The number of hydrogen-bond donors (Lipinski definition) is 3. The SMILES string of the molecule is NN1CCNCC1CC1COCCN1. The smallest absolute Gasteiger partial charge is 0.0620 e. The Morgan fingerprint density at radius 2 is 2.36 bits per heavy atom. The molecule has 2 aliphatic heterocycles. The summed E-state index contributed by atoms with van der Waals surface area (Å²) in [5.74, 6) is 5.92. The molecule has 0 aromatic heterocycles. The van der Waals surface area contributed by atoms with Crippen molar-refractivity contribution in [3.05, 3.63) is 0 Å². The van der Waals surface area contributed by atoms with Gasteiger partial charge in [-0.2, -0.15) is 0 Å². The van der Waals surface area contributed by atoms with E-state index in [0.29, 0.717) is 12.1 Å². The van der Waals surface area contributed by atoms with Crippen molar-refractivity contribution in [1.29, 1.82) is 0 Å². The van der Waals surface area contributed by atoms with E-state index in [1.807, 2.05) is 5.01 Å². The molecule has 2 aliphatic rings. The fourth-order valence-electron chi connectivity index (χ4n) is 2.09. The minimum absolute atomic E-state index is 0.447. The number of morpholine rings is 1. The predicted molar refractivity (Wildman–Crippen MR) is 54.8 cm³/mol. The van der Waals surface area contributed by atoms with Gasteiger partial charge >= 0.3 is 0 Å². The van der Waals surface area contributed by atoms with Crippen molar-refractivity contribution in [2.24, 2.45) is 5.84 Å². The first kappa shape index (κ1) is 10.3. The van der Waals surface area contributed by atoms with E-state index in [-0.39, 0.29) is 0 Å². The lowest BCUT2D eigenvalue weighted by Crippen LogP contribution is -2.57. The number of hydrazine groups is 1. The summed E-state index contributed by atoms with van der Waals surface area (Å²) in [6.45, 7) is 5.57. The van der Waals surface area contributed by atoms with E-state index in [2.05, 4.69) is 10.6 Å². The van der Waals surface area contributed by atoms with Crippen molar-refractivity contribution in [3.8, 4) is 0 Å². The van der Waals surface area contributed by atoms with Gasteiger partial charge in [-0.05, 0) is 6.42 Å². The standard InChI is InChI=1S/C9H20N4O/c10-13-3-1-11-6-9(13)5-8-7-14-4-2-12-8/h8-9,11-12H,1-7,10H2. The second-order valence-corrected chi connectivity index (χ2v) is 4.06. The minimum atomic E-state index is 0.447. The number of nitrogens with zero attached hydrogens (tertiary/aromatic N) is 1. The molecule has 5 heteroatoms. The summed E-state index contributed by atoms with van der Waals surface area (Å²) in [6, 6.07) is 0.919. The summed E-state index contributed by atoms with van der Waals surface area (Å²) in [6.07, 6.45) is 1.07. The first-order chi connectivity index (χ1) is 6.86. The van der Waals surface area contributed by atoms with Crippen molar-refractivity contribution in [2.75, 3.05) is 39.4 Å². The highest BCUT2D eigenvalue weighted by molar-refractivity contribution is 4.82. The number of nitrogens with one attached hydrogen (secondary N) is 2. The zero-order valence-electron chi connectivity index (χ0n) is 8.54. The number of rotatable bonds is 2. The van der Waals surface area contributed by atoms with Gasteiger partial charge in [0.1, 0.15) is 0 Å². The zero-order valence-corrected chi connectivity index (χ0v) is 8.54. The van der Waals surface area contributed by atoms with E-state index in [9.17, 15) is 0 Å². The van der Waals surface area contributed by atoms with Crippen LogP contribution in [0.25, 0.3) is 0 Å². The summed E-state index contributed by atoms with van der Waals surface area (Å²) >= 11 is 0. The van der Waals surface area contributed by atoms with Crippen LogP contribution in [0.3, 0.4) is 0 Å². The van der Waals surface area contributed by atoms with Crippen LogP contribution in [0.4, 0.5) is 0 Å². The molecule has 2 rings (SSSR count). The van der Waals surface area contributed by atoms with Crippen molar-refractivity contribution in [1.82, 2.24) is 15.6 Å². The molecule has 0 aromatic carbocycles. The van der Waals surface area contributed by atoms with Crippen LogP contribution in [-0.2, 0) is 4.74 Å². The van der Waals surface area contributed by atoms with Gasteiger partial charge in [-0.1, -0.05) is 0 Å². The molecule has 2 atom stereocenters. The van der Waals surface area contributed by atoms with Crippen molar-refractivity contribution >= 4 is 0 Å². The Bertz CT molecular complexity index is 172. The second-order valence-electron chi connectivity index (χ2n) is 4.06. The van der Waals surface area contributed by atoms with E-state index in [0.717, 1.165) is 45.8 Å². The molecular weight excluding hydrogens is 180 g/mol. The van der Waals surface area contributed by atoms with Crippen LogP contribution in [0.5, 0.6) is 0 Å². The van der Waals surface area contributed by atoms with Crippen LogP contribution >= 0.6 is 0 Å². The molecule has 0 amide bonds. The highest BCUT2D eigenvalue weighted by atomic mass is 16.5. The van der Waals surface area contributed by atoms with Gasteiger partial charge < -0.3 is 15.4 Å².